The average molecular weight is 338 g/mol. The molecular formula is C15H20BrN3O. The number of aliphatic hydroxyl groups is 1. The summed E-state index contributed by atoms with van der Waals surface area (Å²) in [7, 11) is 2.04. The first-order valence-corrected chi connectivity index (χ1v) is 7.76. The van der Waals surface area contributed by atoms with Crippen molar-refractivity contribution >= 4 is 21.9 Å². The summed E-state index contributed by atoms with van der Waals surface area (Å²) in [5.74, 6) is 7.83. The SMILES string of the molecule is CN(CC1CCC(C#CCO)CC1)c1ncc(Br)cn1. The van der Waals surface area contributed by atoms with Gasteiger partial charge in [0.25, 0.3) is 0 Å². The van der Waals surface area contributed by atoms with Crippen LogP contribution in [-0.4, -0.2) is 35.3 Å². The molecule has 108 valence electrons. The van der Waals surface area contributed by atoms with Crippen molar-refractivity contribution in [2.45, 2.75) is 25.7 Å². The Balaban J connectivity index is 1.81. The van der Waals surface area contributed by atoms with Crippen molar-refractivity contribution in [1.29, 1.82) is 0 Å². The second kappa shape index (κ2) is 7.61. The Morgan fingerprint density at radius 1 is 1.30 bits per heavy atom. The summed E-state index contributed by atoms with van der Waals surface area (Å²) in [4.78, 5) is 10.8. The molecule has 0 aromatic carbocycles. The van der Waals surface area contributed by atoms with Crippen LogP contribution in [-0.2, 0) is 0 Å². The minimum Gasteiger partial charge on any atom is -0.384 e. The molecular weight excluding hydrogens is 318 g/mol. The van der Waals surface area contributed by atoms with Crippen molar-refractivity contribution in [2.75, 3.05) is 25.1 Å². The summed E-state index contributed by atoms with van der Waals surface area (Å²) in [5.41, 5.74) is 0. The second-order valence-electron chi connectivity index (χ2n) is 5.28. The van der Waals surface area contributed by atoms with Crippen LogP contribution in [0.15, 0.2) is 16.9 Å². The van der Waals surface area contributed by atoms with Gasteiger partial charge < -0.3 is 10.0 Å². The van der Waals surface area contributed by atoms with E-state index in [1.807, 2.05) is 7.05 Å². The third-order valence-corrected chi connectivity index (χ3v) is 4.12. The van der Waals surface area contributed by atoms with Crippen LogP contribution in [0.1, 0.15) is 25.7 Å². The fourth-order valence-corrected chi connectivity index (χ4v) is 2.86. The van der Waals surface area contributed by atoms with Gasteiger partial charge in [0.05, 0.1) is 4.47 Å². The predicted octanol–water partition coefficient (Wildman–Crippen LogP) is 2.48. The third-order valence-electron chi connectivity index (χ3n) is 3.71. The summed E-state index contributed by atoms with van der Waals surface area (Å²) in [6, 6.07) is 0. The standard InChI is InChI=1S/C15H20BrN3O/c1-19(15-17-9-14(16)10-18-15)11-13-6-4-12(5-7-13)3-2-8-20/h9-10,12-13,20H,4-8,11H2,1H3. The van der Waals surface area contributed by atoms with Crippen molar-refractivity contribution in [3.8, 4) is 11.8 Å². The summed E-state index contributed by atoms with van der Waals surface area (Å²) < 4.78 is 0.901. The van der Waals surface area contributed by atoms with Crippen LogP contribution >= 0.6 is 15.9 Å². The number of aromatic nitrogens is 2. The zero-order valence-corrected chi connectivity index (χ0v) is 13.3. The Morgan fingerprint density at radius 2 is 1.95 bits per heavy atom. The fourth-order valence-electron chi connectivity index (χ4n) is 2.65. The molecule has 1 heterocycles. The molecule has 0 unspecified atom stereocenters. The van der Waals surface area contributed by atoms with Gasteiger partial charge in [0.15, 0.2) is 0 Å². The van der Waals surface area contributed by atoms with Gasteiger partial charge in [-0.3, -0.25) is 0 Å². The molecule has 1 N–H and O–H groups in total. The van der Waals surface area contributed by atoms with Gasteiger partial charge >= 0.3 is 0 Å². The molecule has 2 rings (SSSR count). The Hall–Kier alpha value is -1.12. The maximum Gasteiger partial charge on any atom is 0.225 e. The molecule has 1 fully saturated rings. The van der Waals surface area contributed by atoms with Crippen LogP contribution in [0.5, 0.6) is 0 Å². The molecule has 0 saturated heterocycles. The molecule has 20 heavy (non-hydrogen) atoms. The second-order valence-corrected chi connectivity index (χ2v) is 6.19. The van der Waals surface area contributed by atoms with Gasteiger partial charge in [-0.25, -0.2) is 9.97 Å². The molecule has 5 heteroatoms. The van der Waals surface area contributed by atoms with Gasteiger partial charge in [0.2, 0.25) is 5.95 Å². The Labute approximate surface area is 128 Å². The average Bonchev–Trinajstić information content (AvgIpc) is 2.47. The van der Waals surface area contributed by atoms with Crippen molar-refractivity contribution < 1.29 is 5.11 Å². The maximum absolute atomic E-state index is 8.72. The van der Waals surface area contributed by atoms with Crippen molar-refractivity contribution in [1.82, 2.24) is 9.97 Å². The number of nitrogens with zero attached hydrogens (tertiary/aromatic N) is 3. The Morgan fingerprint density at radius 3 is 2.55 bits per heavy atom. The van der Waals surface area contributed by atoms with Crippen molar-refractivity contribution in [3.05, 3.63) is 16.9 Å². The zero-order valence-electron chi connectivity index (χ0n) is 11.7. The van der Waals surface area contributed by atoms with Gasteiger partial charge in [0, 0.05) is 31.9 Å². The number of anilines is 1. The van der Waals surface area contributed by atoms with E-state index in [2.05, 4.69) is 42.6 Å². The number of hydrogen-bond donors (Lipinski definition) is 1. The lowest BCUT2D eigenvalue weighted by Gasteiger charge is -2.29. The number of rotatable bonds is 3. The smallest absolute Gasteiger partial charge is 0.225 e. The van der Waals surface area contributed by atoms with Gasteiger partial charge in [-0.1, -0.05) is 11.8 Å². The van der Waals surface area contributed by atoms with Crippen LogP contribution in [0.4, 0.5) is 5.95 Å². The summed E-state index contributed by atoms with van der Waals surface area (Å²) >= 11 is 3.35. The van der Waals surface area contributed by atoms with E-state index < -0.39 is 0 Å². The van der Waals surface area contributed by atoms with E-state index >= 15 is 0 Å². The van der Waals surface area contributed by atoms with E-state index in [0.29, 0.717) is 11.8 Å². The highest BCUT2D eigenvalue weighted by molar-refractivity contribution is 9.10. The molecule has 1 saturated carbocycles. The van der Waals surface area contributed by atoms with Gasteiger partial charge in [0.1, 0.15) is 6.61 Å². The molecule has 1 aliphatic carbocycles. The molecule has 0 aliphatic heterocycles. The lowest BCUT2D eigenvalue weighted by Crippen LogP contribution is -2.29. The molecule has 0 radical (unpaired) electrons. The van der Waals surface area contributed by atoms with Crippen LogP contribution < -0.4 is 4.90 Å². The van der Waals surface area contributed by atoms with Crippen molar-refractivity contribution in [2.24, 2.45) is 11.8 Å². The summed E-state index contributed by atoms with van der Waals surface area (Å²) in [6.45, 7) is 0.964. The topological polar surface area (TPSA) is 49.2 Å². The van der Waals surface area contributed by atoms with Crippen LogP contribution in [0, 0.1) is 23.7 Å². The lowest BCUT2D eigenvalue weighted by atomic mass is 9.82. The molecule has 0 amide bonds. The maximum atomic E-state index is 8.72. The monoisotopic (exact) mass is 337 g/mol. The quantitative estimate of drug-likeness (QED) is 0.861. The van der Waals surface area contributed by atoms with E-state index in [9.17, 15) is 0 Å². The van der Waals surface area contributed by atoms with Gasteiger partial charge in [-0.2, -0.15) is 0 Å². The third kappa shape index (κ3) is 4.46. The van der Waals surface area contributed by atoms with E-state index in [-0.39, 0.29) is 6.61 Å². The minimum absolute atomic E-state index is 0.0242. The number of halogens is 1. The number of aliphatic hydroxyl groups excluding tert-OH is 1. The highest BCUT2D eigenvalue weighted by Gasteiger charge is 2.21. The largest absolute Gasteiger partial charge is 0.384 e. The first-order chi connectivity index (χ1) is 9.69. The lowest BCUT2D eigenvalue weighted by molar-refractivity contribution is 0.318. The first-order valence-electron chi connectivity index (χ1n) is 6.97. The van der Waals surface area contributed by atoms with E-state index in [0.717, 1.165) is 29.8 Å². The Bertz CT molecular complexity index is 472. The highest BCUT2D eigenvalue weighted by atomic mass is 79.9. The fraction of sp³-hybridized carbons (Fsp3) is 0.600. The van der Waals surface area contributed by atoms with E-state index in [1.165, 1.54) is 12.8 Å². The molecule has 0 spiro atoms. The highest BCUT2D eigenvalue weighted by Crippen LogP contribution is 2.29. The van der Waals surface area contributed by atoms with Crippen LogP contribution in [0.2, 0.25) is 0 Å². The Kier molecular flexibility index (Phi) is 5.81. The molecule has 4 nitrogen and oxygen atoms in total. The van der Waals surface area contributed by atoms with Crippen LogP contribution in [0.25, 0.3) is 0 Å². The zero-order chi connectivity index (χ0) is 14.4. The molecule has 0 atom stereocenters. The number of hydrogen-bond acceptors (Lipinski definition) is 4. The van der Waals surface area contributed by atoms with Crippen molar-refractivity contribution in [3.63, 3.8) is 0 Å². The van der Waals surface area contributed by atoms with Crippen LogP contribution in [0.3, 0.4) is 0 Å². The molecule has 1 aromatic rings. The summed E-state index contributed by atoms with van der Waals surface area (Å²) in [6.07, 6.45) is 8.19. The normalized spacial score (nSPS) is 21.9. The minimum atomic E-state index is -0.0242. The van der Waals surface area contributed by atoms with E-state index in [1.54, 1.807) is 12.4 Å². The molecule has 0 bridgehead atoms. The predicted molar refractivity (Wildman–Crippen MR) is 83.3 cm³/mol. The summed E-state index contributed by atoms with van der Waals surface area (Å²) in [5, 5.41) is 8.72. The van der Waals surface area contributed by atoms with E-state index in [4.69, 9.17) is 5.11 Å². The molecule has 1 aliphatic rings. The van der Waals surface area contributed by atoms with Gasteiger partial charge in [-0.15, -0.1) is 0 Å². The first kappa shape index (κ1) is 15.3. The van der Waals surface area contributed by atoms with Gasteiger partial charge in [-0.05, 0) is 47.5 Å². The molecule has 1 aromatic heterocycles.